The molecular weight excluding hydrogens is 271 g/mol. The molecule has 1 aliphatic rings. The van der Waals surface area contributed by atoms with E-state index in [0.717, 1.165) is 17.5 Å². The summed E-state index contributed by atoms with van der Waals surface area (Å²) >= 11 is 0. The molecule has 1 aromatic carbocycles. The molecule has 0 saturated carbocycles. The molecule has 0 fully saturated rings. The molecule has 0 amide bonds. The third kappa shape index (κ3) is 3.45. The highest BCUT2D eigenvalue weighted by Gasteiger charge is 2.37. The van der Waals surface area contributed by atoms with Gasteiger partial charge in [0.1, 0.15) is 17.1 Å². The summed E-state index contributed by atoms with van der Waals surface area (Å²) in [5.41, 5.74) is 1.62. The summed E-state index contributed by atoms with van der Waals surface area (Å²) in [5, 5.41) is 19.3. The molecule has 0 radical (unpaired) electrons. The first-order chi connectivity index (χ1) is 9.92. The molecule has 1 atom stereocenters. The molecule has 0 bridgehead atoms. The molecule has 5 nitrogen and oxygen atoms in total. The van der Waals surface area contributed by atoms with Crippen molar-refractivity contribution in [2.24, 2.45) is 0 Å². The Hall–Kier alpha value is -1.82. The second kappa shape index (κ2) is 6.31. The zero-order valence-corrected chi connectivity index (χ0v) is 12.3. The quantitative estimate of drug-likeness (QED) is 0.812. The molecule has 112 valence electrons. The van der Waals surface area contributed by atoms with Crippen LogP contribution in [0, 0.1) is 6.92 Å². The van der Waals surface area contributed by atoms with Crippen LogP contribution >= 0.6 is 0 Å². The van der Waals surface area contributed by atoms with E-state index in [1.54, 1.807) is 0 Å². The molecule has 2 rings (SSSR count). The maximum absolute atomic E-state index is 11.8. The van der Waals surface area contributed by atoms with E-state index >= 15 is 0 Å². The van der Waals surface area contributed by atoms with E-state index in [1.807, 2.05) is 19.9 Å². The number of carboxylic acids is 1. The van der Waals surface area contributed by atoms with Crippen LogP contribution < -0.4 is 4.65 Å². The zero-order chi connectivity index (χ0) is 15.6. The Kier molecular flexibility index (Phi) is 4.68. The Labute approximate surface area is 124 Å². The smallest absolute Gasteiger partial charge is 0.526 e. The van der Waals surface area contributed by atoms with Gasteiger partial charge in [-0.05, 0) is 37.0 Å². The van der Waals surface area contributed by atoms with E-state index < -0.39 is 13.1 Å². The highest BCUT2D eigenvalue weighted by molar-refractivity contribution is 6.47. The zero-order valence-electron chi connectivity index (χ0n) is 12.3. The number of hydrogen-bond donors (Lipinski definition) is 2. The van der Waals surface area contributed by atoms with Gasteiger partial charge >= 0.3 is 13.1 Å². The van der Waals surface area contributed by atoms with Gasteiger partial charge in [0, 0.05) is 18.7 Å². The standard InChI is InChI=1S/C15H19BO5/c1-3-4-12(17)8-11-7-10-5-9(2)6-13(15(18)19)14(10)21-16(11)20/h5-6,11,20H,3-4,7-8H2,1-2H3,(H,18,19)/t11-/m1/s1. The first kappa shape index (κ1) is 15.6. The van der Waals surface area contributed by atoms with E-state index in [0.29, 0.717) is 12.8 Å². The maximum atomic E-state index is 11.8. The minimum Gasteiger partial charge on any atom is -0.535 e. The van der Waals surface area contributed by atoms with Crippen LogP contribution in [-0.2, 0) is 11.2 Å². The van der Waals surface area contributed by atoms with Crippen molar-refractivity contribution in [2.75, 3.05) is 0 Å². The van der Waals surface area contributed by atoms with Crippen molar-refractivity contribution < 1.29 is 24.4 Å². The SMILES string of the molecule is CCCC(=O)C[C@H]1Cc2cc(C)cc(C(=O)O)c2OB1O. The number of benzene rings is 1. The summed E-state index contributed by atoms with van der Waals surface area (Å²) < 4.78 is 5.39. The number of carbonyl (C=O) groups excluding carboxylic acids is 1. The van der Waals surface area contributed by atoms with Crippen LogP contribution in [0.25, 0.3) is 0 Å². The summed E-state index contributed by atoms with van der Waals surface area (Å²) in [4.78, 5) is 23.0. The second-order valence-electron chi connectivity index (χ2n) is 5.57. The fraction of sp³-hybridized carbons (Fsp3) is 0.467. The van der Waals surface area contributed by atoms with Gasteiger partial charge in [0.05, 0.1) is 0 Å². The summed E-state index contributed by atoms with van der Waals surface area (Å²) in [5.74, 6) is -1.08. The van der Waals surface area contributed by atoms with Crippen LogP contribution in [0.5, 0.6) is 5.75 Å². The van der Waals surface area contributed by atoms with Crippen LogP contribution in [0.15, 0.2) is 12.1 Å². The lowest BCUT2D eigenvalue weighted by molar-refractivity contribution is -0.119. The third-order valence-corrected chi connectivity index (χ3v) is 3.68. The number of hydrogen-bond acceptors (Lipinski definition) is 4. The number of carbonyl (C=O) groups is 2. The van der Waals surface area contributed by atoms with Gasteiger partial charge in [-0.2, -0.15) is 0 Å². The number of aryl methyl sites for hydroxylation is 1. The Morgan fingerprint density at radius 2 is 2.14 bits per heavy atom. The van der Waals surface area contributed by atoms with Crippen molar-refractivity contribution in [3.8, 4) is 5.75 Å². The van der Waals surface area contributed by atoms with Crippen molar-refractivity contribution in [1.29, 1.82) is 0 Å². The summed E-state index contributed by atoms with van der Waals surface area (Å²) in [6.45, 7) is 3.75. The van der Waals surface area contributed by atoms with Crippen molar-refractivity contribution in [3.05, 3.63) is 28.8 Å². The van der Waals surface area contributed by atoms with Gasteiger partial charge in [-0.3, -0.25) is 4.79 Å². The number of rotatable bonds is 5. The number of Topliss-reactive ketones (excluding diaryl/α,β-unsaturated/α-hetero) is 1. The number of fused-ring (bicyclic) bond motifs is 1. The fourth-order valence-electron chi connectivity index (χ4n) is 2.74. The molecule has 0 aliphatic carbocycles. The Morgan fingerprint density at radius 1 is 1.43 bits per heavy atom. The number of aromatic carboxylic acids is 1. The lowest BCUT2D eigenvalue weighted by Gasteiger charge is -2.28. The molecule has 0 aromatic heterocycles. The first-order valence-electron chi connectivity index (χ1n) is 7.15. The van der Waals surface area contributed by atoms with Gasteiger partial charge in [-0.25, -0.2) is 4.79 Å². The van der Waals surface area contributed by atoms with Gasteiger partial charge in [0.15, 0.2) is 0 Å². The second-order valence-corrected chi connectivity index (χ2v) is 5.57. The minimum absolute atomic E-state index is 0.0578. The Morgan fingerprint density at radius 3 is 2.76 bits per heavy atom. The lowest BCUT2D eigenvalue weighted by atomic mass is 9.64. The van der Waals surface area contributed by atoms with Gasteiger partial charge in [0.2, 0.25) is 0 Å². The van der Waals surface area contributed by atoms with Gasteiger partial charge in [-0.15, -0.1) is 0 Å². The van der Waals surface area contributed by atoms with Crippen LogP contribution in [0.3, 0.4) is 0 Å². The predicted octanol–water partition coefficient (Wildman–Crippen LogP) is 2.24. The van der Waals surface area contributed by atoms with Crippen LogP contribution in [0.1, 0.15) is 47.7 Å². The molecule has 6 heteroatoms. The molecule has 0 saturated heterocycles. The van der Waals surface area contributed by atoms with E-state index in [1.165, 1.54) is 6.07 Å². The molecular formula is C15H19BO5. The molecule has 1 heterocycles. The largest absolute Gasteiger partial charge is 0.535 e. The average molecular weight is 290 g/mol. The minimum atomic E-state index is -1.14. The van der Waals surface area contributed by atoms with Gasteiger partial charge < -0.3 is 14.8 Å². The normalized spacial score (nSPS) is 17.1. The van der Waals surface area contributed by atoms with E-state index in [-0.39, 0.29) is 29.3 Å². The molecule has 2 N–H and O–H groups in total. The van der Waals surface area contributed by atoms with Crippen LogP contribution in [0.4, 0.5) is 0 Å². The van der Waals surface area contributed by atoms with E-state index in [4.69, 9.17) is 4.65 Å². The Balaban J connectivity index is 2.26. The van der Waals surface area contributed by atoms with Gasteiger partial charge in [0.25, 0.3) is 0 Å². The fourth-order valence-corrected chi connectivity index (χ4v) is 2.74. The van der Waals surface area contributed by atoms with Crippen molar-refractivity contribution in [2.45, 2.75) is 45.3 Å². The molecule has 21 heavy (non-hydrogen) atoms. The average Bonchev–Trinajstić information content (AvgIpc) is 2.39. The van der Waals surface area contributed by atoms with Crippen molar-refractivity contribution in [3.63, 3.8) is 0 Å². The Bertz CT molecular complexity index is 569. The highest BCUT2D eigenvalue weighted by atomic mass is 16.5. The van der Waals surface area contributed by atoms with Crippen molar-refractivity contribution >= 4 is 18.9 Å². The number of carboxylic acid groups (broad SMARTS) is 1. The third-order valence-electron chi connectivity index (χ3n) is 3.68. The first-order valence-corrected chi connectivity index (χ1v) is 7.15. The molecule has 1 aliphatic heterocycles. The topological polar surface area (TPSA) is 83.8 Å². The maximum Gasteiger partial charge on any atom is 0.526 e. The highest BCUT2D eigenvalue weighted by Crippen LogP contribution is 2.37. The lowest BCUT2D eigenvalue weighted by Crippen LogP contribution is -2.35. The van der Waals surface area contributed by atoms with Crippen LogP contribution in [0.2, 0.25) is 5.82 Å². The van der Waals surface area contributed by atoms with Crippen LogP contribution in [-0.4, -0.2) is 29.0 Å². The predicted molar refractivity (Wildman–Crippen MR) is 78.7 cm³/mol. The monoisotopic (exact) mass is 290 g/mol. The summed E-state index contributed by atoms with van der Waals surface area (Å²) in [6.07, 6.45) is 1.98. The molecule has 1 aromatic rings. The van der Waals surface area contributed by atoms with E-state index in [9.17, 15) is 19.7 Å². The molecule has 0 unspecified atom stereocenters. The number of ketones is 1. The van der Waals surface area contributed by atoms with E-state index in [2.05, 4.69) is 0 Å². The molecule has 0 spiro atoms. The van der Waals surface area contributed by atoms with Gasteiger partial charge in [-0.1, -0.05) is 13.0 Å². The summed E-state index contributed by atoms with van der Waals surface area (Å²) in [6, 6.07) is 3.38. The van der Waals surface area contributed by atoms with Crippen molar-refractivity contribution in [1.82, 2.24) is 0 Å². The summed E-state index contributed by atoms with van der Waals surface area (Å²) in [7, 11) is -1.14.